The van der Waals surface area contributed by atoms with Gasteiger partial charge in [-0.2, -0.15) is 0 Å². The zero-order valence-electron chi connectivity index (χ0n) is 8.49. The third kappa shape index (κ3) is 1.78. The van der Waals surface area contributed by atoms with Crippen molar-refractivity contribution >= 4 is 39.1 Å². The Labute approximate surface area is 100 Å². The van der Waals surface area contributed by atoms with Gasteiger partial charge in [-0.15, -0.1) is 0 Å². The van der Waals surface area contributed by atoms with Crippen molar-refractivity contribution < 1.29 is 14.3 Å². The molecule has 1 aromatic carbocycles. The van der Waals surface area contributed by atoms with E-state index in [2.05, 4.69) is 25.7 Å². The molecule has 5 heteroatoms. The highest BCUT2D eigenvalue weighted by atomic mass is 79.9. The van der Waals surface area contributed by atoms with Gasteiger partial charge in [-0.25, -0.2) is 9.79 Å². The normalized spacial score (nSPS) is 14.1. The van der Waals surface area contributed by atoms with E-state index in [-0.39, 0.29) is 17.9 Å². The molecule has 2 rings (SSSR count). The van der Waals surface area contributed by atoms with Gasteiger partial charge in [0, 0.05) is 10.0 Å². The van der Waals surface area contributed by atoms with Crippen molar-refractivity contribution in [3.05, 3.63) is 28.2 Å². The Kier molecular flexibility index (Phi) is 2.87. The molecule has 0 atom stereocenters. The molecule has 0 saturated carbocycles. The first-order valence-electron chi connectivity index (χ1n) is 4.61. The monoisotopic (exact) mass is 281 g/mol. The lowest BCUT2D eigenvalue weighted by atomic mass is 10.0. The average Bonchev–Trinajstić information content (AvgIpc) is 2.29. The van der Waals surface area contributed by atoms with E-state index in [0.29, 0.717) is 15.7 Å². The smallest absolute Gasteiger partial charge is 0.352 e. The van der Waals surface area contributed by atoms with Gasteiger partial charge in [0.25, 0.3) is 0 Å². The van der Waals surface area contributed by atoms with Crippen molar-refractivity contribution in [2.45, 2.75) is 6.42 Å². The second kappa shape index (κ2) is 4.17. The number of hydrogen-bond donors (Lipinski definition) is 0. The second-order valence-corrected chi connectivity index (χ2v) is 4.14. The van der Waals surface area contributed by atoms with Gasteiger partial charge < -0.3 is 4.74 Å². The van der Waals surface area contributed by atoms with Gasteiger partial charge in [-0.05, 0) is 28.1 Å². The fourth-order valence-corrected chi connectivity index (χ4v) is 1.97. The van der Waals surface area contributed by atoms with Crippen LogP contribution in [-0.4, -0.2) is 24.6 Å². The number of carbonyl (C=O) groups is 2. The van der Waals surface area contributed by atoms with E-state index in [1.807, 2.05) is 0 Å². The van der Waals surface area contributed by atoms with Crippen LogP contribution in [0.4, 0.5) is 5.69 Å². The number of Topliss-reactive ketones (excluding diaryl/α,β-unsaturated/α-hetero) is 1. The first-order chi connectivity index (χ1) is 7.63. The molecular weight excluding hydrogens is 274 g/mol. The Hall–Kier alpha value is -1.49. The summed E-state index contributed by atoms with van der Waals surface area (Å²) in [5, 5.41) is 0. The molecule has 82 valence electrons. The minimum Gasteiger partial charge on any atom is -0.465 e. The lowest BCUT2D eigenvalue weighted by molar-refractivity contribution is -0.132. The fourth-order valence-electron chi connectivity index (χ4n) is 1.51. The highest BCUT2D eigenvalue weighted by Gasteiger charge is 2.25. The molecule has 0 radical (unpaired) electrons. The third-order valence-corrected chi connectivity index (χ3v) is 2.92. The number of methoxy groups -OCH3 is 1. The topological polar surface area (TPSA) is 55.7 Å². The van der Waals surface area contributed by atoms with Crippen LogP contribution >= 0.6 is 15.9 Å². The standard InChI is InChI=1S/C11H8BrNO3/c1-16-11(15)8-5-9(14)6-3-2-4-7(12)10(6)13-8/h2-4H,5H2,1H3. The molecule has 0 aromatic heterocycles. The maximum atomic E-state index is 11.8. The first kappa shape index (κ1) is 11.0. The van der Waals surface area contributed by atoms with Crippen LogP contribution in [0.5, 0.6) is 0 Å². The summed E-state index contributed by atoms with van der Waals surface area (Å²) in [4.78, 5) is 27.2. The zero-order valence-corrected chi connectivity index (χ0v) is 10.1. The summed E-state index contributed by atoms with van der Waals surface area (Å²) in [5.41, 5.74) is 1.17. The van der Waals surface area contributed by atoms with E-state index in [9.17, 15) is 9.59 Å². The van der Waals surface area contributed by atoms with Gasteiger partial charge >= 0.3 is 5.97 Å². The molecule has 1 aliphatic heterocycles. The van der Waals surface area contributed by atoms with Crippen molar-refractivity contribution in [2.24, 2.45) is 4.99 Å². The largest absolute Gasteiger partial charge is 0.465 e. The SMILES string of the molecule is COC(=O)C1=Nc2c(Br)cccc2C(=O)C1. The maximum Gasteiger partial charge on any atom is 0.352 e. The number of carbonyl (C=O) groups excluding carboxylic acids is 2. The Bertz CT molecular complexity index is 508. The van der Waals surface area contributed by atoms with Gasteiger partial charge in [-0.3, -0.25) is 4.79 Å². The molecule has 4 nitrogen and oxygen atoms in total. The Morgan fingerprint density at radius 3 is 2.94 bits per heavy atom. The highest BCUT2D eigenvalue weighted by molar-refractivity contribution is 9.10. The van der Waals surface area contributed by atoms with Crippen molar-refractivity contribution in [2.75, 3.05) is 7.11 Å². The molecule has 0 unspecified atom stereocenters. The minimum atomic E-state index is -0.560. The number of aliphatic imine (C=N–C) groups is 1. The molecule has 0 aliphatic carbocycles. The predicted octanol–water partition coefficient (Wildman–Crippen LogP) is 2.28. The Morgan fingerprint density at radius 1 is 1.50 bits per heavy atom. The van der Waals surface area contributed by atoms with Gasteiger partial charge in [0.15, 0.2) is 5.78 Å². The van der Waals surface area contributed by atoms with Crippen LogP contribution in [0.15, 0.2) is 27.7 Å². The first-order valence-corrected chi connectivity index (χ1v) is 5.40. The highest BCUT2D eigenvalue weighted by Crippen LogP contribution is 2.33. The van der Waals surface area contributed by atoms with Crippen molar-refractivity contribution in [3.8, 4) is 0 Å². The van der Waals surface area contributed by atoms with Crippen LogP contribution in [0.2, 0.25) is 0 Å². The van der Waals surface area contributed by atoms with E-state index >= 15 is 0 Å². The predicted molar refractivity (Wildman–Crippen MR) is 62.2 cm³/mol. The molecule has 0 N–H and O–H groups in total. The summed E-state index contributed by atoms with van der Waals surface area (Å²) in [5.74, 6) is -0.679. The van der Waals surface area contributed by atoms with Crippen LogP contribution in [-0.2, 0) is 9.53 Å². The van der Waals surface area contributed by atoms with E-state index in [1.54, 1.807) is 18.2 Å². The zero-order chi connectivity index (χ0) is 11.7. The number of nitrogens with zero attached hydrogens (tertiary/aromatic N) is 1. The number of esters is 1. The fraction of sp³-hybridized carbons (Fsp3) is 0.182. The molecular formula is C11H8BrNO3. The van der Waals surface area contributed by atoms with Gasteiger partial charge in [0.1, 0.15) is 5.71 Å². The summed E-state index contributed by atoms with van der Waals surface area (Å²) in [6.45, 7) is 0. The number of rotatable bonds is 1. The second-order valence-electron chi connectivity index (χ2n) is 3.29. The summed E-state index contributed by atoms with van der Waals surface area (Å²) in [7, 11) is 1.27. The van der Waals surface area contributed by atoms with Gasteiger partial charge in [0.2, 0.25) is 0 Å². The summed E-state index contributed by atoms with van der Waals surface area (Å²) < 4.78 is 5.25. The number of hydrogen-bond acceptors (Lipinski definition) is 4. The molecule has 0 amide bonds. The quantitative estimate of drug-likeness (QED) is 0.742. The molecule has 1 aliphatic rings. The van der Waals surface area contributed by atoms with Crippen molar-refractivity contribution in [1.29, 1.82) is 0 Å². The molecule has 1 heterocycles. The molecule has 0 bridgehead atoms. The Morgan fingerprint density at radius 2 is 2.25 bits per heavy atom. The van der Waals surface area contributed by atoms with Crippen molar-refractivity contribution in [3.63, 3.8) is 0 Å². The number of halogens is 1. The number of ketones is 1. The maximum absolute atomic E-state index is 11.8. The van der Waals surface area contributed by atoms with Crippen LogP contribution < -0.4 is 0 Å². The summed E-state index contributed by atoms with van der Waals surface area (Å²) in [6, 6.07) is 5.23. The molecule has 16 heavy (non-hydrogen) atoms. The number of ether oxygens (including phenoxy) is 1. The van der Waals surface area contributed by atoms with Crippen LogP contribution in [0.1, 0.15) is 16.8 Å². The number of fused-ring (bicyclic) bond motifs is 1. The summed E-state index contributed by atoms with van der Waals surface area (Å²) in [6.07, 6.45) is -0.00384. The van der Waals surface area contributed by atoms with Crippen LogP contribution in [0, 0.1) is 0 Å². The van der Waals surface area contributed by atoms with Gasteiger partial charge in [-0.1, -0.05) is 6.07 Å². The Balaban J connectivity index is 2.55. The number of para-hydroxylation sites is 1. The van der Waals surface area contributed by atoms with Crippen LogP contribution in [0.3, 0.4) is 0 Å². The molecule has 0 spiro atoms. The lowest BCUT2D eigenvalue weighted by Gasteiger charge is -2.13. The minimum absolute atomic E-state index is 0.00384. The van der Waals surface area contributed by atoms with E-state index < -0.39 is 5.97 Å². The van der Waals surface area contributed by atoms with Crippen LogP contribution in [0.25, 0.3) is 0 Å². The van der Waals surface area contributed by atoms with E-state index in [1.165, 1.54) is 7.11 Å². The lowest BCUT2D eigenvalue weighted by Crippen LogP contribution is -2.22. The number of benzene rings is 1. The summed E-state index contributed by atoms with van der Waals surface area (Å²) >= 11 is 3.30. The van der Waals surface area contributed by atoms with Crippen molar-refractivity contribution in [1.82, 2.24) is 0 Å². The van der Waals surface area contributed by atoms with Gasteiger partial charge in [0.05, 0.1) is 19.2 Å². The van der Waals surface area contributed by atoms with E-state index in [4.69, 9.17) is 0 Å². The third-order valence-electron chi connectivity index (χ3n) is 2.28. The average molecular weight is 282 g/mol. The molecule has 0 fully saturated rings. The molecule has 1 aromatic rings. The molecule has 0 saturated heterocycles. The van der Waals surface area contributed by atoms with E-state index in [0.717, 1.165) is 0 Å².